The quantitative estimate of drug-likeness (QED) is 0.805. The number of hydrogen-bond donors (Lipinski definition) is 1. The minimum absolute atomic E-state index is 0.315. The maximum atomic E-state index is 6.06. The van der Waals surface area contributed by atoms with Crippen molar-refractivity contribution in [3.63, 3.8) is 0 Å². The molecule has 1 N–H and O–H groups in total. The van der Waals surface area contributed by atoms with Crippen LogP contribution in [0.5, 0.6) is 0 Å². The van der Waals surface area contributed by atoms with Crippen LogP contribution in [-0.4, -0.2) is 18.8 Å². The lowest BCUT2D eigenvalue weighted by atomic mass is 9.82. The number of rotatable bonds is 5. The predicted octanol–water partition coefficient (Wildman–Crippen LogP) is 4.92. The molecule has 114 valence electrons. The second-order valence-electron chi connectivity index (χ2n) is 5.97. The van der Waals surface area contributed by atoms with Gasteiger partial charge in [0.1, 0.15) is 0 Å². The van der Waals surface area contributed by atoms with E-state index in [1.807, 2.05) is 11.3 Å². The van der Waals surface area contributed by atoms with E-state index in [1.54, 1.807) is 0 Å². The average molecular weight is 360 g/mol. The fourth-order valence-corrected chi connectivity index (χ4v) is 4.92. The zero-order valence-corrected chi connectivity index (χ0v) is 15.5. The summed E-state index contributed by atoms with van der Waals surface area (Å²) in [5, 5.41) is 3.76. The first-order chi connectivity index (χ1) is 9.45. The van der Waals surface area contributed by atoms with Gasteiger partial charge in [0.05, 0.1) is 12.2 Å². The molecule has 2 rings (SSSR count). The molecule has 5 unspecified atom stereocenters. The van der Waals surface area contributed by atoms with Crippen molar-refractivity contribution in [3.8, 4) is 0 Å². The van der Waals surface area contributed by atoms with Gasteiger partial charge in [-0.25, -0.2) is 0 Å². The SMILES string of the molecule is CCCNC(c1cc(Br)c(C)s1)C1C(C)OC(C)C1C. The van der Waals surface area contributed by atoms with Gasteiger partial charge in [-0.1, -0.05) is 13.8 Å². The maximum Gasteiger partial charge on any atom is 0.0600 e. The van der Waals surface area contributed by atoms with E-state index in [0.717, 1.165) is 13.0 Å². The van der Waals surface area contributed by atoms with Crippen molar-refractivity contribution >= 4 is 27.3 Å². The van der Waals surface area contributed by atoms with Crippen LogP contribution in [0.15, 0.2) is 10.5 Å². The molecule has 0 bridgehead atoms. The first-order valence-corrected chi connectivity index (χ1v) is 9.21. The van der Waals surface area contributed by atoms with Crippen LogP contribution in [0.4, 0.5) is 0 Å². The first-order valence-electron chi connectivity index (χ1n) is 7.60. The van der Waals surface area contributed by atoms with Gasteiger partial charge >= 0.3 is 0 Å². The number of ether oxygens (including phenoxy) is 1. The third-order valence-corrected chi connectivity index (χ3v) is 6.72. The largest absolute Gasteiger partial charge is 0.375 e. The lowest BCUT2D eigenvalue weighted by Crippen LogP contribution is -2.34. The second-order valence-corrected chi connectivity index (χ2v) is 8.11. The number of nitrogens with one attached hydrogen (secondary N) is 1. The summed E-state index contributed by atoms with van der Waals surface area (Å²) < 4.78 is 7.29. The smallest absolute Gasteiger partial charge is 0.0600 e. The standard InChI is InChI=1S/C16H26BrNOS/c1-6-7-18-16(14-8-13(17)12(5)20-14)15-9(2)10(3)19-11(15)4/h8-11,15-16,18H,6-7H2,1-5H3. The third-order valence-electron chi connectivity index (χ3n) is 4.50. The van der Waals surface area contributed by atoms with Gasteiger partial charge in [0.25, 0.3) is 0 Å². The topological polar surface area (TPSA) is 21.3 Å². The predicted molar refractivity (Wildman–Crippen MR) is 90.5 cm³/mol. The van der Waals surface area contributed by atoms with E-state index < -0.39 is 0 Å². The summed E-state index contributed by atoms with van der Waals surface area (Å²) >= 11 is 5.55. The first kappa shape index (κ1) is 16.5. The Balaban J connectivity index is 2.27. The van der Waals surface area contributed by atoms with Gasteiger partial charge in [0, 0.05) is 26.2 Å². The van der Waals surface area contributed by atoms with Crippen LogP contribution < -0.4 is 5.32 Å². The van der Waals surface area contributed by atoms with Crippen molar-refractivity contribution in [2.24, 2.45) is 11.8 Å². The van der Waals surface area contributed by atoms with E-state index in [0.29, 0.717) is 30.1 Å². The highest BCUT2D eigenvalue weighted by atomic mass is 79.9. The van der Waals surface area contributed by atoms with E-state index >= 15 is 0 Å². The summed E-state index contributed by atoms with van der Waals surface area (Å²) in [4.78, 5) is 2.79. The van der Waals surface area contributed by atoms with Crippen LogP contribution in [0.2, 0.25) is 0 Å². The van der Waals surface area contributed by atoms with Gasteiger partial charge in [-0.05, 0) is 61.7 Å². The highest BCUT2D eigenvalue weighted by molar-refractivity contribution is 9.10. The Morgan fingerprint density at radius 3 is 2.50 bits per heavy atom. The molecule has 1 fully saturated rings. The minimum Gasteiger partial charge on any atom is -0.375 e. The third kappa shape index (κ3) is 3.29. The van der Waals surface area contributed by atoms with Crippen molar-refractivity contribution < 1.29 is 4.74 Å². The van der Waals surface area contributed by atoms with Gasteiger partial charge < -0.3 is 10.1 Å². The number of hydrogen-bond acceptors (Lipinski definition) is 3. The molecular weight excluding hydrogens is 334 g/mol. The van der Waals surface area contributed by atoms with Crippen LogP contribution in [0.3, 0.4) is 0 Å². The highest BCUT2D eigenvalue weighted by Crippen LogP contribution is 2.43. The molecule has 1 aromatic heterocycles. The number of aryl methyl sites for hydroxylation is 1. The molecule has 2 nitrogen and oxygen atoms in total. The fraction of sp³-hybridized carbons (Fsp3) is 0.750. The molecular formula is C16H26BrNOS. The van der Waals surface area contributed by atoms with Crippen LogP contribution in [0, 0.1) is 18.8 Å². The van der Waals surface area contributed by atoms with Crippen molar-refractivity contribution in [2.45, 2.75) is 59.3 Å². The lowest BCUT2D eigenvalue weighted by molar-refractivity contribution is 0.0476. The van der Waals surface area contributed by atoms with Crippen molar-refractivity contribution in [1.82, 2.24) is 5.32 Å². The van der Waals surface area contributed by atoms with Crippen LogP contribution >= 0.6 is 27.3 Å². The molecule has 1 aromatic rings. The van der Waals surface area contributed by atoms with Crippen LogP contribution in [0.25, 0.3) is 0 Å². The van der Waals surface area contributed by atoms with E-state index in [9.17, 15) is 0 Å². The summed E-state index contributed by atoms with van der Waals surface area (Å²) in [7, 11) is 0. The lowest BCUT2D eigenvalue weighted by Gasteiger charge is -2.29. The Hall–Kier alpha value is 0.1000. The van der Waals surface area contributed by atoms with E-state index in [-0.39, 0.29) is 0 Å². The number of thiophene rings is 1. The Bertz CT molecular complexity index is 428. The van der Waals surface area contributed by atoms with Gasteiger partial charge in [-0.3, -0.25) is 0 Å². The molecule has 0 spiro atoms. The summed E-state index contributed by atoms with van der Waals surface area (Å²) in [5.74, 6) is 1.13. The molecule has 0 amide bonds. The molecule has 0 radical (unpaired) electrons. The van der Waals surface area contributed by atoms with E-state index in [4.69, 9.17) is 4.74 Å². The Kier molecular flexibility index (Phi) is 5.69. The second kappa shape index (κ2) is 6.91. The Morgan fingerprint density at radius 1 is 1.35 bits per heavy atom. The molecule has 1 saturated heterocycles. The molecule has 1 aliphatic heterocycles. The monoisotopic (exact) mass is 359 g/mol. The van der Waals surface area contributed by atoms with Crippen molar-refractivity contribution in [3.05, 3.63) is 20.3 Å². The molecule has 0 aromatic carbocycles. The van der Waals surface area contributed by atoms with Crippen LogP contribution in [-0.2, 0) is 4.74 Å². The molecule has 0 aliphatic carbocycles. The average Bonchev–Trinajstić information content (AvgIpc) is 2.84. The molecule has 20 heavy (non-hydrogen) atoms. The Morgan fingerprint density at radius 2 is 2.05 bits per heavy atom. The molecule has 1 aliphatic rings. The summed E-state index contributed by atoms with van der Waals surface area (Å²) in [5.41, 5.74) is 0. The summed E-state index contributed by atoms with van der Waals surface area (Å²) in [6.07, 6.45) is 1.83. The molecule has 2 heterocycles. The normalized spacial score (nSPS) is 31.7. The van der Waals surface area contributed by atoms with Gasteiger partial charge in [0.15, 0.2) is 0 Å². The Labute approximate surface area is 135 Å². The van der Waals surface area contributed by atoms with E-state index in [1.165, 1.54) is 14.2 Å². The fourth-order valence-electron chi connectivity index (χ4n) is 3.23. The van der Waals surface area contributed by atoms with Gasteiger partial charge in [-0.2, -0.15) is 0 Å². The summed E-state index contributed by atoms with van der Waals surface area (Å²) in [6.45, 7) is 12.2. The van der Waals surface area contributed by atoms with Gasteiger partial charge in [0.2, 0.25) is 0 Å². The van der Waals surface area contributed by atoms with Crippen molar-refractivity contribution in [2.75, 3.05) is 6.54 Å². The van der Waals surface area contributed by atoms with Crippen LogP contribution in [0.1, 0.15) is 49.9 Å². The highest BCUT2D eigenvalue weighted by Gasteiger charge is 2.42. The molecule has 4 heteroatoms. The molecule has 0 saturated carbocycles. The zero-order chi connectivity index (χ0) is 14.9. The minimum atomic E-state index is 0.315. The maximum absolute atomic E-state index is 6.06. The van der Waals surface area contributed by atoms with Gasteiger partial charge in [-0.15, -0.1) is 11.3 Å². The number of halogens is 1. The van der Waals surface area contributed by atoms with Crippen molar-refractivity contribution in [1.29, 1.82) is 0 Å². The molecule has 5 atom stereocenters. The van der Waals surface area contributed by atoms with E-state index in [2.05, 4.69) is 61.9 Å². The summed E-state index contributed by atoms with van der Waals surface area (Å²) in [6, 6.07) is 2.69. The zero-order valence-electron chi connectivity index (χ0n) is 13.1.